The second-order valence-corrected chi connectivity index (χ2v) is 5.88. The topological polar surface area (TPSA) is 58.2 Å². The maximum Gasteiger partial charge on any atom is 0.226 e. The molecule has 0 spiro atoms. The summed E-state index contributed by atoms with van der Waals surface area (Å²) < 4.78 is 0. The summed E-state index contributed by atoms with van der Waals surface area (Å²) in [6.07, 6.45) is 0.0897. The van der Waals surface area contributed by atoms with Gasteiger partial charge in [-0.3, -0.25) is 9.59 Å². The molecule has 0 heterocycles. The van der Waals surface area contributed by atoms with Gasteiger partial charge in [0.1, 0.15) is 0 Å². The summed E-state index contributed by atoms with van der Waals surface area (Å²) in [5.41, 5.74) is 1.30. The van der Waals surface area contributed by atoms with Gasteiger partial charge in [-0.2, -0.15) is 0 Å². The summed E-state index contributed by atoms with van der Waals surface area (Å²) in [5, 5.41) is 6.38. The van der Waals surface area contributed by atoms with Gasteiger partial charge in [0, 0.05) is 11.9 Å². The highest BCUT2D eigenvalue weighted by molar-refractivity contribution is 6.35. The van der Waals surface area contributed by atoms with Crippen LogP contribution >= 0.6 is 23.2 Å². The molecule has 2 N–H and O–H groups in total. The lowest BCUT2D eigenvalue weighted by atomic mass is 10.0. The molecule has 2 amide bonds. The number of hydrogen-bond donors (Lipinski definition) is 2. The highest BCUT2D eigenvalue weighted by atomic mass is 35.5. The first kappa shape index (κ1) is 17.3. The number of hydrogen-bond acceptors (Lipinski definition) is 2. The van der Waals surface area contributed by atoms with E-state index in [1.54, 1.807) is 18.2 Å². The second-order valence-electron chi connectivity index (χ2n) is 5.04. The minimum absolute atomic E-state index is 0.0897. The summed E-state index contributed by atoms with van der Waals surface area (Å²) in [7, 11) is 0. The average molecular weight is 351 g/mol. The zero-order valence-electron chi connectivity index (χ0n) is 12.5. The Morgan fingerprint density at radius 2 is 1.78 bits per heavy atom. The smallest absolute Gasteiger partial charge is 0.226 e. The molecule has 0 bridgehead atoms. The minimum Gasteiger partial charge on any atom is -0.349 e. The van der Waals surface area contributed by atoms with Crippen molar-refractivity contribution in [1.29, 1.82) is 0 Å². The third kappa shape index (κ3) is 5.27. The SMILES string of the molecule is CC(=O)NC(CC(=O)Nc1cc(Cl)ccc1Cl)c1ccccc1. The Bertz CT molecular complexity index is 705. The van der Waals surface area contributed by atoms with Crippen LogP contribution in [0.4, 0.5) is 5.69 Å². The predicted molar refractivity (Wildman–Crippen MR) is 92.7 cm³/mol. The Hall–Kier alpha value is -2.04. The first-order chi connectivity index (χ1) is 11.0. The molecule has 2 aromatic rings. The molecule has 1 unspecified atom stereocenters. The number of carbonyl (C=O) groups excluding carboxylic acids is 2. The van der Waals surface area contributed by atoms with Gasteiger partial charge in [0.15, 0.2) is 0 Å². The van der Waals surface area contributed by atoms with Crippen LogP contribution in [0.5, 0.6) is 0 Å². The van der Waals surface area contributed by atoms with E-state index in [-0.39, 0.29) is 18.2 Å². The van der Waals surface area contributed by atoms with Crippen molar-refractivity contribution in [3.8, 4) is 0 Å². The Kier molecular flexibility index (Phi) is 6.02. The van der Waals surface area contributed by atoms with E-state index < -0.39 is 6.04 Å². The van der Waals surface area contributed by atoms with Crippen molar-refractivity contribution in [3.05, 3.63) is 64.1 Å². The molecule has 0 radical (unpaired) electrons. The van der Waals surface area contributed by atoms with Crippen molar-refractivity contribution in [2.45, 2.75) is 19.4 Å². The van der Waals surface area contributed by atoms with Crippen LogP contribution in [-0.4, -0.2) is 11.8 Å². The average Bonchev–Trinajstić information content (AvgIpc) is 2.51. The fourth-order valence-electron chi connectivity index (χ4n) is 2.16. The van der Waals surface area contributed by atoms with Crippen molar-refractivity contribution in [1.82, 2.24) is 5.32 Å². The molecule has 0 aliphatic rings. The Morgan fingerprint density at radius 1 is 1.09 bits per heavy atom. The van der Waals surface area contributed by atoms with Crippen LogP contribution in [0.1, 0.15) is 24.9 Å². The fraction of sp³-hybridized carbons (Fsp3) is 0.176. The largest absolute Gasteiger partial charge is 0.349 e. The highest BCUT2D eigenvalue weighted by Gasteiger charge is 2.17. The Balaban J connectivity index is 2.11. The Labute approximate surface area is 144 Å². The van der Waals surface area contributed by atoms with Gasteiger partial charge in [0.2, 0.25) is 11.8 Å². The third-order valence-corrected chi connectivity index (χ3v) is 3.74. The van der Waals surface area contributed by atoms with E-state index in [0.717, 1.165) is 5.56 Å². The number of nitrogens with one attached hydrogen (secondary N) is 2. The van der Waals surface area contributed by atoms with Gasteiger partial charge >= 0.3 is 0 Å². The van der Waals surface area contributed by atoms with E-state index >= 15 is 0 Å². The maximum atomic E-state index is 12.3. The van der Waals surface area contributed by atoms with Crippen LogP contribution in [0.2, 0.25) is 10.0 Å². The van der Waals surface area contributed by atoms with Crippen LogP contribution < -0.4 is 10.6 Å². The van der Waals surface area contributed by atoms with Crippen molar-refractivity contribution in [3.63, 3.8) is 0 Å². The zero-order chi connectivity index (χ0) is 16.8. The number of rotatable bonds is 5. The van der Waals surface area contributed by atoms with E-state index in [0.29, 0.717) is 15.7 Å². The molecule has 2 rings (SSSR count). The Morgan fingerprint density at radius 3 is 2.43 bits per heavy atom. The normalized spacial score (nSPS) is 11.6. The molecule has 1 atom stereocenters. The van der Waals surface area contributed by atoms with Crippen LogP contribution in [0.25, 0.3) is 0 Å². The van der Waals surface area contributed by atoms with Gasteiger partial charge in [0.05, 0.1) is 23.2 Å². The van der Waals surface area contributed by atoms with Crippen molar-refractivity contribution in [2.75, 3.05) is 5.32 Å². The molecule has 2 aromatic carbocycles. The van der Waals surface area contributed by atoms with Gasteiger partial charge < -0.3 is 10.6 Å². The number of anilines is 1. The van der Waals surface area contributed by atoms with Gasteiger partial charge in [-0.25, -0.2) is 0 Å². The first-order valence-electron chi connectivity index (χ1n) is 7.02. The van der Waals surface area contributed by atoms with Gasteiger partial charge in [-0.05, 0) is 23.8 Å². The second kappa shape index (κ2) is 7.99. The zero-order valence-corrected chi connectivity index (χ0v) is 14.0. The molecule has 0 aliphatic carbocycles. The van der Waals surface area contributed by atoms with Crippen molar-refractivity contribution < 1.29 is 9.59 Å². The maximum absolute atomic E-state index is 12.3. The standard InChI is InChI=1S/C17H16Cl2N2O2/c1-11(22)20-15(12-5-3-2-4-6-12)10-17(23)21-16-9-13(18)7-8-14(16)19/h2-9,15H,10H2,1H3,(H,20,22)(H,21,23). The molecule has 120 valence electrons. The quantitative estimate of drug-likeness (QED) is 0.848. The van der Waals surface area contributed by atoms with Gasteiger partial charge in [-0.1, -0.05) is 53.5 Å². The summed E-state index contributed by atoms with van der Waals surface area (Å²) in [6, 6.07) is 13.7. The number of carbonyl (C=O) groups is 2. The molecule has 0 aromatic heterocycles. The van der Waals surface area contributed by atoms with Crippen LogP contribution in [0.3, 0.4) is 0 Å². The van der Waals surface area contributed by atoms with E-state index in [9.17, 15) is 9.59 Å². The molecule has 0 saturated carbocycles. The molecular weight excluding hydrogens is 335 g/mol. The third-order valence-electron chi connectivity index (χ3n) is 3.17. The summed E-state index contributed by atoms with van der Waals surface area (Å²) >= 11 is 11.9. The van der Waals surface area contributed by atoms with E-state index in [4.69, 9.17) is 23.2 Å². The molecule has 6 heteroatoms. The summed E-state index contributed by atoms with van der Waals surface area (Å²) in [6.45, 7) is 1.42. The van der Waals surface area contributed by atoms with Crippen molar-refractivity contribution in [2.24, 2.45) is 0 Å². The van der Waals surface area contributed by atoms with E-state index in [1.165, 1.54) is 6.92 Å². The predicted octanol–water partition coefficient (Wildman–Crippen LogP) is 4.20. The minimum atomic E-state index is -0.411. The van der Waals surface area contributed by atoms with Gasteiger partial charge in [-0.15, -0.1) is 0 Å². The molecule has 0 fully saturated rings. The summed E-state index contributed by atoms with van der Waals surface area (Å²) in [4.78, 5) is 23.7. The lowest BCUT2D eigenvalue weighted by molar-refractivity contribution is -0.120. The lowest BCUT2D eigenvalue weighted by Crippen LogP contribution is -2.29. The van der Waals surface area contributed by atoms with Crippen LogP contribution in [0.15, 0.2) is 48.5 Å². The van der Waals surface area contributed by atoms with Crippen molar-refractivity contribution >= 4 is 40.7 Å². The van der Waals surface area contributed by atoms with Crippen LogP contribution in [-0.2, 0) is 9.59 Å². The van der Waals surface area contributed by atoms with Gasteiger partial charge in [0.25, 0.3) is 0 Å². The molecule has 4 nitrogen and oxygen atoms in total. The lowest BCUT2D eigenvalue weighted by Gasteiger charge is -2.18. The fourth-order valence-corrected chi connectivity index (χ4v) is 2.50. The number of benzene rings is 2. The number of halogens is 2. The molecular formula is C17H16Cl2N2O2. The molecule has 0 saturated heterocycles. The monoisotopic (exact) mass is 350 g/mol. The van der Waals surface area contributed by atoms with Crippen LogP contribution in [0, 0.1) is 0 Å². The highest BCUT2D eigenvalue weighted by Crippen LogP contribution is 2.26. The van der Waals surface area contributed by atoms with E-state index in [1.807, 2.05) is 30.3 Å². The molecule has 23 heavy (non-hydrogen) atoms. The molecule has 0 aliphatic heterocycles. The first-order valence-corrected chi connectivity index (χ1v) is 7.78. The van der Waals surface area contributed by atoms with E-state index in [2.05, 4.69) is 10.6 Å². The number of amides is 2. The summed E-state index contributed by atoms with van der Waals surface area (Å²) in [5.74, 6) is -0.468.